The van der Waals surface area contributed by atoms with E-state index in [1.165, 1.54) is 11.2 Å². The van der Waals surface area contributed by atoms with E-state index in [9.17, 15) is 24.3 Å². The molecule has 1 aromatic rings. The molecule has 12 heteroatoms. The van der Waals surface area contributed by atoms with Crippen molar-refractivity contribution in [2.45, 2.75) is 56.3 Å². The Labute approximate surface area is 185 Å². The van der Waals surface area contributed by atoms with Crippen LogP contribution >= 0.6 is 12.6 Å². The minimum absolute atomic E-state index is 0.00230. The maximum atomic E-state index is 13.0. The second kappa shape index (κ2) is 10.6. The summed E-state index contributed by atoms with van der Waals surface area (Å²) in [6.07, 6.45) is 5.73. The zero-order chi connectivity index (χ0) is 22.4. The Hall–Kier alpha value is -2.60. The third-order valence-corrected chi connectivity index (χ3v) is 5.97. The molecule has 3 rings (SSSR count). The van der Waals surface area contributed by atoms with Gasteiger partial charge in [0, 0.05) is 30.6 Å². The van der Waals surface area contributed by atoms with Crippen molar-refractivity contribution in [3.05, 3.63) is 18.2 Å². The number of aliphatic carboxylic acids is 1. The van der Waals surface area contributed by atoms with Crippen molar-refractivity contribution in [1.29, 1.82) is 0 Å². The Balaban J connectivity index is 1.68. The van der Waals surface area contributed by atoms with E-state index >= 15 is 0 Å². The SMILES string of the molecule is O=C(NC(Cc1cnc[nH]1)C(=O)NC(CS)C(=O)N1CCCC1C(=O)O)C1CCCN1. The van der Waals surface area contributed by atoms with Crippen molar-refractivity contribution in [1.82, 2.24) is 30.8 Å². The first-order chi connectivity index (χ1) is 14.9. The fourth-order valence-corrected chi connectivity index (χ4v) is 4.20. The number of thiol groups is 1. The summed E-state index contributed by atoms with van der Waals surface area (Å²) in [5.74, 6) is -2.38. The maximum absolute atomic E-state index is 13.0. The van der Waals surface area contributed by atoms with Gasteiger partial charge in [0.1, 0.15) is 18.1 Å². The number of nitrogens with one attached hydrogen (secondary N) is 4. The van der Waals surface area contributed by atoms with Gasteiger partial charge in [-0.05, 0) is 32.2 Å². The van der Waals surface area contributed by atoms with Gasteiger partial charge in [0.15, 0.2) is 0 Å². The number of carbonyl (C=O) groups is 4. The minimum Gasteiger partial charge on any atom is -0.480 e. The van der Waals surface area contributed by atoms with Crippen molar-refractivity contribution in [3.63, 3.8) is 0 Å². The summed E-state index contributed by atoms with van der Waals surface area (Å²) in [5, 5.41) is 17.8. The first kappa shape index (κ1) is 23.1. The third-order valence-electron chi connectivity index (χ3n) is 5.61. The number of aromatic nitrogens is 2. The van der Waals surface area contributed by atoms with E-state index in [4.69, 9.17) is 0 Å². The quantitative estimate of drug-likeness (QED) is 0.254. The van der Waals surface area contributed by atoms with E-state index in [1.54, 1.807) is 6.20 Å². The number of rotatable bonds is 9. The molecule has 3 heterocycles. The zero-order valence-corrected chi connectivity index (χ0v) is 17.9. The lowest BCUT2D eigenvalue weighted by Gasteiger charge is -2.28. The molecular formula is C19H28N6O5S. The summed E-state index contributed by atoms with van der Waals surface area (Å²) in [7, 11) is 0. The highest BCUT2D eigenvalue weighted by Crippen LogP contribution is 2.19. The highest BCUT2D eigenvalue weighted by Gasteiger charge is 2.38. The number of hydrogen-bond donors (Lipinski definition) is 6. The molecule has 11 nitrogen and oxygen atoms in total. The average molecular weight is 453 g/mol. The Bertz CT molecular complexity index is 798. The predicted octanol–water partition coefficient (Wildman–Crippen LogP) is -1.32. The first-order valence-electron chi connectivity index (χ1n) is 10.4. The van der Waals surface area contributed by atoms with E-state index in [2.05, 4.69) is 38.5 Å². The van der Waals surface area contributed by atoms with Crippen LogP contribution in [0.4, 0.5) is 0 Å². The minimum atomic E-state index is -1.07. The van der Waals surface area contributed by atoms with Crippen LogP contribution in [0.1, 0.15) is 31.4 Å². The normalized spacial score (nSPS) is 22.7. The molecule has 0 saturated carbocycles. The van der Waals surface area contributed by atoms with Crippen LogP contribution in [0.5, 0.6) is 0 Å². The molecule has 2 aliphatic heterocycles. The fourth-order valence-electron chi connectivity index (χ4n) is 3.95. The molecule has 0 aromatic carbocycles. The third kappa shape index (κ3) is 5.76. The molecule has 0 spiro atoms. The van der Waals surface area contributed by atoms with Crippen LogP contribution in [-0.4, -0.2) is 86.7 Å². The number of imidazole rings is 1. The zero-order valence-electron chi connectivity index (χ0n) is 17.0. The summed E-state index contributed by atoms with van der Waals surface area (Å²) in [6, 6.07) is -3.19. The molecular weight excluding hydrogens is 424 g/mol. The van der Waals surface area contributed by atoms with Crippen LogP contribution in [0, 0.1) is 0 Å². The Morgan fingerprint density at radius 3 is 2.65 bits per heavy atom. The van der Waals surface area contributed by atoms with Crippen molar-refractivity contribution in [2.24, 2.45) is 0 Å². The molecule has 2 aliphatic rings. The smallest absolute Gasteiger partial charge is 0.326 e. The lowest BCUT2D eigenvalue weighted by atomic mass is 10.1. The first-order valence-corrected chi connectivity index (χ1v) is 11.0. The maximum Gasteiger partial charge on any atom is 0.326 e. The molecule has 3 amide bonds. The monoisotopic (exact) mass is 452 g/mol. The fraction of sp³-hybridized carbons (Fsp3) is 0.632. The van der Waals surface area contributed by atoms with Gasteiger partial charge in [-0.25, -0.2) is 9.78 Å². The summed E-state index contributed by atoms with van der Waals surface area (Å²) < 4.78 is 0. The molecule has 31 heavy (non-hydrogen) atoms. The Morgan fingerprint density at radius 2 is 2.03 bits per heavy atom. The molecule has 1 aromatic heterocycles. The lowest BCUT2D eigenvalue weighted by Crippen LogP contribution is -2.58. The molecule has 170 valence electrons. The van der Waals surface area contributed by atoms with Gasteiger partial charge in [-0.3, -0.25) is 14.4 Å². The van der Waals surface area contributed by atoms with E-state index in [0.29, 0.717) is 31.5 Å². The molecule has 4 atom stereocenters. The molecule has 5 N–H and O–H groups in total. The molecule has 0 radical (unpaired) electrons. The van der Waals surface area contributed by atoms with Crippen molar-refractivity contribution >= 4 is 36.3 Å². The summed E-state index contributed by atoms with van der Waals surface area (Å²) in [5.41, 5.74) is 0.652. The van der Waals surface area contributed by atoms with Crippen LogP contribution < -0.4 is 16.0 Å². The molecule has 0 aliphatic carbocycles. The van der Waals surface area contributed by atoms with Crippen LogP contribution in [0.3, 0.4) is 0 Å². The number of hydrogen-bond acceptors (Lipinski definition) is 7. The second-order valence-electron chi connectivity index (χ2n) is 7.76. The highest BCUT2D eigenvalue weighted by molar-refractivity contribution is 7.80. The summed E-state index contributed by atoms with van der Waals surface area (Å²) >= 11 is 4.18. The van der Waals surface area contributed by atoms with Crippen LogP contribution in [0.25, 0.3) is 0 Å². The topological polar surface area (TPSA) is 157 Å². The number of carboxylic acids is 1. The molecule has 2 saturated heterocycles. The number of nitrogens with zero attached hydrogens (tertiary/aromatic N) is 2. The van der Waals surface area contributed by atoms with E-state index < -0.39 is 35.9 Å². The largest absolute Gasteiger partial charge is 0.480 e. The number of H-pyrrole nitrogens is 1. The molecule has 4 unspecified atom stereocenters. The molecule has 0 bridgehead atoms. The van der Waals surface area contributed by atoms with Gasteiger partial charge in [0.2, 0.25) is 17.7 Å². The molecule has 2 fully saturated rings. The van der Waals surface area contributed by atoms with Crippen LogP contribution in [0.15, 0.2) is 12.5 Å². The number of carbonyl (C=O) groups excluding carboxylic acids is 3. The second-order valence-corrected chi connectivity index (χ2v) is 8.13. The highest BCUT2D eigenvalue weighted by atomic mass is 32.1. The van der Waals surface area contributed by atoms with Gasteiger partial charge in [-0.15, -0.1) is 0 Å². The Morgan fingerprint density at radius 1 is 1.23 bits per heavy atom. The van der Waals surface area contributed by atoms with Crippen LogP contribution in [-0.2, 0) is 25.6 Å². The van der Waals surface area contributed by atoms with Crippen molar-refractivity contribution in [2.75, 3.05) is 18.8 Å². The lowest BCUT2D eigenvalue weighted by molar-refractivity contribution is -0.149. The van der Waals surface area contributed by atoms with Crippen LogP contribution in [0.2, 0.25) is 0 Å². The number of carboxylic acid groups (broad SMARTS) is 1. The van der Waals surface area contributed by atoms with Gasteiger partial charge in [0.25, 0.3) is 0 Å². The van der Waals surface area contributed by atoms with Gasteiger partial charge in [-0.2, -0.15) is 12.6 Å². The number of likely N-dealkylation sites (tertiary alicyclic amines) is 1. The summed E-state index contributed by atoms with van der Waals surface area (Å²) in [6.45, 7) is 1.06. The predicted molar refractivity (Wildman–Crippen MR) is 113 cm³/mol. The van der Waals surface area contributed by atoms with Crippen molar-refractivity contribution in [3.8, 4) is 0 Å². The average Bonchev–Trinajstić information content (AvgIpc) is 3.52. The standard InChI is InChI=1S/C19H28N6O5S/c26-16(12-3-1-5-21-12)23-13(7-11-8-20-10-22-11)17(27)24-14(9-31)18(28)25-6-2-4-15(25)19(29)30/h8,10,12-15,21,31H,1-7,9H2,(H,20,22)(H,23,26)(H,24,27)(H,29,30). The van der Waals surface area contributed by atoms with Gasteiger partial charge >= 0.3 is 5.97 Å². The van der Waals surface area contributed by atoms with Gasteiger partial charge in [0.05, 0.1) is 12.4 Å². The Kier molecular flexibility index (Phi) is 7.91. The van der Waals surface area contributed by atoms with E-state index in [-0.39, 0.29) is 24.1 Å². The van der Waals surface area contributed by atoms with Gasteiger partial charge < -0.3 is 30.9 Å². The van der Waals surface area contributed by atoms with Crippen molar-refractivity contribution < 1.29 is 24.3 Å². The van der Waals surface area contributed by atoms with E-state index in [1.807, 2.05) is 0 Å². The van der Waals surface area contributed by atoms with Gasteiger partial charge in [-0.1, -0.05) is 0 Å². The summed E-state index contributed by atoms with van der Waals surface area (Å²) in [4.78, 5) is 58.0. The number of amides is 3. The number of aromatic amines is 1. The van der Waals surface area contributed by atoms with E-state index in [0.717, 1.165) is 13.0 Å².